The molecule has 2 aromatic carbocycles. The maximum absolute atomic E-state index is 13.6. The Morgan fingerprint density at radius 2 is 1.88 bits per heavy atom. The van der Waals surface area contributed by atoms with Crippen molar-refractivity contribution >= 4 is 33.1 Å². The van der Waals surface area contributed by atoms with E-state index in [1.54, 1.807) is 11.3 Å². The van der Waals surface area contributed by atoms with Gasteiger partial charge < -0.3 is 5.32 Å². The van der Waals surface area contributed by atoms with Gasteiger partial charge in [-0.1, -0.05) is 42.3 Å². The summed E-state index contributed by atoms with van der Waals surface area (Å²) in [6.45, 7) is 4.12. The molecule has 0 bridgehead atoms. The number of hydrogen-bond acceptors (Lipinski definition) is 4. The highest BCUT2D eigenvalue weighted by Gasteiger charge is 2.22. The molecule has 0 radical (unpaired) electrons. The van der Waals surface area contributed by atoms with Crippen LogP contribution >= 0.6 is 11.3 Å². The quantitative estimate of drug-likeness (QED) is 0.342. The lowest BCUT2D eigenvalue weighted by molar-refractivity contribution is 0.102. The van der Waals surface area contributed by atoms with Gasteiger partial charge in [0.25, 0.3) is 5.91 Å². The summed E-state index contributed by atoms with van der Waals surface area (Å²) in [7, 11) is 0. The van der Waals surface area contributed by atoms with E-state index in [-0.39, 0.29) is 5.91 Å². The number of aryl methyl sites for hydroxylation is 3. The molecule has 0 unspecified atom stereocenters. The number of amides is 1. The third-order valence-electron chi connectivity index (χ3n) is 6.39. The molecule has 0 saturated heterocycles. The summed E-state index contributed by atoms with van der Waals surface area (Å²) >= 11 is 1.56. The van der Waals surface area contributed by atoms with Crippen molar-refractivity contribution in [2.45, 2.75) is 46.0 Å². The Kier molecular flexibility index (Phi) is 5.70. The van der Waals surface area contributed by atoms with Crippen molar-refractivity contribution in [1.29, 1.82) is 5.26 Å². The SMILES string of the molecule is Cc1ccc(C)c(-c2cc(C(=O)Nc3sc4c(c3C#N)CCCCC4)c3ccccc3n2)c1. The lowest BCUT2D eigenvalue weighted by Crippen LogP contribution is -2.13. The normalized spacial score (nSPS) is 13.2. The molecule has 0 fully saturated rings. The number of thiophene rings is 1. The van der Waals surface area contributed by atoms with Crippen LogP contribution in [0.25, 0.3) is 22.2 Å². The lowest BCUT2D eigenvalue weighted by atomic mass is 9.99. The fraction of sp³-hybridized carbons (Fsp3) is 0.250. The zero-order chi connectivity index (χ0) is 22.9. The number of nitrogens with one attached hydrogen (secondary N) is 1. The van der Waals surface area contributed by atoms with Crippen LogP contribution in [0.3, 0.4) is 0 Å². The standard InChI is InChI=1S/C28H25N3OS/c1-17-12-13-18(2)21(14-17)25-15-22(19-8-6-7-10-24(19)30-25)27(32)31-28-23(16-29)20-9-4-3-5-11-26(20)33-28/h6-8,10,12-15H,3-5,9,11H2,1-2H3,(H,31,32). The van der Waals surface area contributed by atoms with Crippen molar-refractivity contribution in [1.82, 2.24) is 4.98 Å². The van der Waals surface area contributed by atoms with E-state index in [0.29, 0.717) is 16.1 Å². The third-order valence-corrected chi connectivity index (χ3v) is 7.60. The Hall–Kier alpha value is -3.49. The van der Waals surface area contributed by atoms with Crippen molar-refractivity contribution in [2.75, 3.05) is 5.32 Å². The summed E-state index contributed by atoms with van der Waals surface area (Å²) in [5, 5.41) is 14.4. The number of benzene rings is 2. The third kappa shape index (κ3) is 4.03. The monoisotopic (exact) mass is 451 g/mol. The number of hydrogen-bond donors (Lipinski definition) is 1. The summed E-state index contributed by atoms with van der Waals surface area (Å²) in [4.78, 5) is 19.7. The minimum atomic E-state index is -0.201. The average molecular weight is 452 g/mol. The minimum Gasteiger partial charge on any atom is -0.312 e. The number of anilines is 1. The summed E-state index contributed by atoms with van der Waals surface area (Å²) < 4.78 is 0. The second kappa shape index (κ2) is 8.80. The zero-order valence-electron chi connectivity index (χ0n) is 18.9. The largest absolute Gasteiger partial charge is 0.312 e. The highest BCUT2D eigenvalue weighted by molar-refractivity contribution is 7.16. The Balaban J connectivity index is 1.60. The number of para-hydroxylation sites is 1. The van der Waals surface area contributed by atoms with Gasteiger partial charge in [0.2, 0.25) is 0 Å². The molecule has 164 valence electrons. The van der Waals surface area contributed by atoms with E-state index < -0.39 is 0 Å². The number of pyridine rings is 1. The molecule has 0 spiro atoms. The number of fused-ring (bicyclic) bond motifs is 2. The smallest absolute Gasteiger partial charge is 0.257 e. The molecule has 4 aromatic rings. The Labute approximate surface area is 197 Å². The van der Waals surface area contributed by atoms with Gasteiger partial charge in [-0.3, -0.25) is 4.79 Å². The summed E-state index contributed by atoms with van der Waals surface area (Å²) in [6, 6.07) is 18.2. The molecule has 0 aliphatic heterocycles. The van der Waals surface area contributed by atoms with E-state index in [4.69, 9.17) is 4.98 Å². The van der Waals surface area contributed by atoms with Gasteiger partial charge in [0.1, 0.15) is 11.1 Å². The number of carbonyl (C=O) groups is 1. The van der Waals surface area contributed by atoms with Crippen molar-refractivity contribution in [3.8, 4) is 17.3 Å². The molecule has 5 rings (SSSR count). The van der Waals surface area contributed by atoms with Crippen LogP contribution in [0.5, 0.6) is 0 Å². The van der Waals surface area contributed by atoms with Gasteiger partial charge in [-0.2, -0.15) is 5.26 Å². The lowest BCUT2D eigenvalue weighted by Gasteiger charge is -2.12. The number of nitrogens with zero attached hydrogens (tertiary/aromatic N) is 2. The summed E-state index contributed by atoms with van der Waals surface area (Å²) in [5.41, 5.74) is 7.19. The van der Waals surface area contributed by atoms with Crippen LogP contribution in [-0.2, 0) is 12.8 Å². The Morgan fingerprint density at radius 3 is 2.73 bits per heavy atom. The van der Waals surface area contributed by atoms with E-state index in [2.05, 4.69) is 43.4 Å². The minimum absolute atomic E-state index is 0.201. The second-order valence-corrected chi connectivity index (χ2v) is 9.83. The predicted molar refractivity (Wildman–Crippen MR) is 135 cm³/mol. The molecule has 0 saturated carbocycles. The van der Waals surface area contributed by atoms with E-state index >= 15 is 0 Å². The molecule has 1 amide bonds. The molecule has 2 aromatic heterocycles. The van der Waals surface area contributed by atoms with Crippen LogP contribution < -0.4 is 5.32 Å². The van der Waals surface area contributed by atoms with Crippen molar-refractivity contribution in [3.63, 3.8) is 0 Å². The van der Waals surface area contributed by atoms with Gasteiger partial charge in [0, 0.05) is 15.8 Å². The van der Waals surface area contributed by atoms with Crippen LogP contribution in [0, 0.1) is 25.2 Å². The first-order valence-electron chi connectivity index (χ1n) is 11.4. The first-order chi connectivity index (χ1) is 16.0. The number of carbonyl (C=O) groups excluding carboxylic acids is 1. The van der Waals surface area contributed by atoms with Crippen LogP contribution in [0.1, 0.15) is 56.8 Å². The maximum Gasteiger partial charge on any atom is 0.257 e. The molecule has 5 heteroatoms. The first kappa shape index (κ1) is 21.4. The van der Waals surface area contributed by atoms with Gasteiger partial charge in [-0.05, 0) is 68.9 Å². The Bertz CT molecular complexity index is 1430. The highest BCUT2D eigenvalue weighted by Crippen LogP contribution is 2.37. The van der Waals surface area contributed by atoms with Crippen LogP contribution in [0.15, 0.2) is 48.5 Å². The van der Waals surface area contributed by atoms with Crippen LogP contribution in [0.4, 0.5) is 5.00 Å². The predicted octanol–water partition coefficient (Wildman–Crippen LogP) is 6.97. The van der Waals surface area contributed by atoms with Crippen LogP contribution in [-0.4, -0.2) is 10.9 Å². The second-order valence-electron chi connectivity index (χ2n) is 8.73. The van der Waals surface area contributed by atoms with E-state index in [0.717, 1.165) is 64.5 Å². The van der Waals surface area contributed by atoms with Gasteiger partial charge >= 0.3 is 0 Å². The fourth-order valence-corrected chi connectivity index (χ4v) is 5.87. The molecule has 2 heterocycles. The zero-order valence-corrected chi connectivity index (χ0v) is 19.7. The first-order valence-corrected chi connectivity index (χ1v) is 12.2. The van der Waals surface area contributed by atoms with Crippen LogP contribution in [0.2, 0.25) is 0 Å². The summed E-state index contributed by atoms with van der Waals surface area (Å²) in [5.74, 6) is -0.201. The topological polar surface area (TPSA) is 65.8 Å². The maximum atomic E-state index is 13.6. The number of aromatic nitrogens is 1. The fourth-order valence-electron chi connectivity index (χ4n) is 4.63. The van der Waals surface area contributed by atoms with Gasteiger partial charge in [0.15, 0.2) is 0 Å². The van der Waals surface area contributed by atoms with E-state index in [1.807, 2.05) is 30.3 Å². The van der Waals surface area contributed by atoms with Crippen molar-refractivity contribution < 1.29 is 4.79 Å². The molecule has 33 heavy (non-hydrogen) atoms. The highest BCUT2D eigenvalue weighted by atomic mass is 32.1. The molecule has 1 aliphatic rings. The molecule has 1 aliphatic carbocycles. The average Bonchev–Trinajstić information content (AvgIpc) is 2.98. The Morgan fingerprint density at radius 1 is 1.06 bits per heavy atom. The van der Waals surface area contributed by atoms with Crippen molar-refractivity contribution in [2.24, 2.45) is 0 Å². The molecule has 4 nitrogen and oxygen atoms in total. The van der Waals surface area contributed by atoms with Gasteiger partial charge in [-0.15, -0.1) is 11.3 Å². The summed E-state index contributed by atoms with van der Waals surface area (Å²) in [6.07, 6.45) is 5.33. The number of rotatable bonds is 3. The number of nitriles is 1. The van der Waals surface area contributed by atoms with Gasteiger partial charge in [0.05, 0.1) is 22.3 Å². The van der Waals surface area contributed by atoms with Gasteiger partial charge in [-0.25, -0.2) is 4.98 Å². The molecule has 0 atom stereocenters. The van der Waals surface area contributed by atoms with E-state index in [1.165, 1.54) is 11.3 Å². The molecular formula is C28H25N3OS. The van der Waals surface area contributed by atoms with Crippen molar-refractivity contribution in [3.05, 3.63) is 81.2 Å². The molecular weight excluding hydrogens is 426 g/mol. The molecule has 1 N–H and O–H groups in total. The van der Waals surface area contributed by atoms with E-state index in [9.17, 15) is 10.1 Å².